The van der Waals surface area contributed by atoms with Crippen molar-refractivity contribution < 1.29 is 19.3 Å². The van der Waals surface area contributed by atoms with Gasteiger partial charge in [-0.15, -0.1) is 0 Å². The van der Waals surface area contributed by atoms with Crippen LogP contribution >= 0.6 is 0 Å². The lowest BCUT2D eigenvalue weighted by Gasteiger charge is -2.20. The summed E-state index contributed by atoms with van der Waals surface area (Å²) >= 11 is 0. The molecule has 8 heteroatoms. The van der Waals surface area contributed by atoms with Gasteiger partial charge in [0.25, 0.3) is 0 Å². The highest BCUT2D eigenvalue weighted by Gasteiger charge is 2.45. The van der Waals surface area contributed by atoms with Crippen LogP contribution in [0.4, 0.5) is 0 Å². The fourth-order valence-corrected chi connectivity index (χ4v) is 2.69. The van der Waals surface area contributed by atoms with Gasteiger partial charge in [0.15, 0.2) is 0 Å². The molecule has 8 nitrogen and oxygen atoms in total. The molecule has 0 fully saturated rings. The molecule has 0 aliphatic carbocycles. The Balaban J connectivity index is 1.93. The van der Waals surface area contributed by atoms with Gasteiger partial charge < -0.3 is 21.1 Å². The van der Waals surface area contributed by atoms with Crippen molar-refractivity contribution in [3.05, 3.63) is 35.4 Å². The van der Waals surface area contributed by atoms with Crippen LogP contribution in [0.15, 0.2) is 34.6 Å². The Morgan fingerprint density at radius 1 is 0.875 bits per heavy atom. The highest BCUT2D eigenvalue weighted by atomic mass is 16.6. The van der Waals surface area contributed by atoms with E-state index in [0.717, 1.165) is 0 Å². The second kappa shape index (κ2) is 5.33. The summed E-state index contributed by atoms with van der Waals surface area (Å²) in [6, 6.07) is 7.08. The number of rotatable bonds is 4. The van der Waals surface area contributed by atoms with Gasteiger partial charge in [0, 0.05) is 11.1 Å². The highest BCUT2D eigenvalue weighted by molar-refractivity contribution is 6.18. The van der Waals surface area contributed by atoms with Crippen LogP contribution in [-0.2, 0) is 19.3 Å². The van der Waals surface area contributed by atoms with E-state index in [2.05, 4.69) is 10.3 Å². The number of hydrogen-bond acceptors (Lipinski definition) is 6. The maximum absolute atomic E-state index is 11.7. The Hall–Kier alpha value is -2.90. The molecule has 0 radical (unpaired) electrons. The number of nitrogens with zero attached hydrogens (tertiary/aromatic N) is 2. The molecule has 0 saturated heterocycles. The van der Waals surface area contributed by atoms with Crippen LogP contribution < -0.4 is 11.5 Å². The van der Waals surface area contributed by atoms with Gasteiger partial charge in [0.1, 0.15) is 35.5 Å². The summed E-state index contributed by atoms with van der Waals surface area (Å²) in [6.45, 7) is 3.60. The van der Waals surface area contributed by atoms with Crippen LogP contribution in [0.3, 0.4) is 0 Å². The fourth-order valence-electron chi connectivity index (χ4n) is 2.69. The van der Waals surface area contributed by atoms with Crippen molar-refractivity contribution in [2.24, 2.45) is 32.6 Å². The third-order valence-corrected chi connectivity index (χ3v) is 4.58. The predicted molar refractivity (Wildman–Crippen MR) is 86.0 cm³/mol. The standard InChI is InChI=1S/C16H18N4O4/c1-15(13(17)21)7-23-19-11(15)9-3-5-10(6-4-9)12-16(2,14(18)22)8-24-20-12/h3-6H,7-8H2,1-2H3,(H2,17,21)(H2,18,22)/t15-,16-/m1/s1. The zero-order valence-electron chi connectivity index (χ0n) is 13.4. The molecule has 0 unspecified atom stereocenters. The zero-order valence-corrected chi connectivity index (χ0v) is 13.4. The Bertz CT molecular complexity index is 706. The van der Waals surface area contributed by atoms with E-state index in [1.807, 2.05) is 0 Å². The molecule has 1 aromatic rings. The van der Waals surface area contributed by atoms with Gasteiger partial charge in [-0.05, 0) is 13.8 Å². The minimum absolute atomic E-state index is 0.111. The first kappa shape index (κ1) is 16.0. The van der Waals surface area contributed by atoms with Crippen LogP contribution in [0.1, 0.15) is 25.0 Å². The Morgan fingerprint density at radius 3 is 1.50 bits per heavy atom. The van der Waals surface area contributed by atoms with Crippen molar-refractivity contribution in [1.29, 1.82) is 0 Å². The predicted octanol–water partition coefficient (Wildman–Crippen LogP) is 0.138. The zero-order chi connectivity index (χ0) is 17.5. The third-order valence-electron chi connectivity index (χ3n) is 4.58. The van der Waals surface area contributed by atoms with Gasteiger partial charge in [-0.25, -0.2) is 0 Å². The van der Waals surface area contributed by atoms with E-state index in [9.17, 15) is 9.59 Å². The lowest BCUT2D eigenvalue weighted by atomic mass is 9.80. The first-order chi connectivity index (χ1) is 11.3. The minimum atomic E-state index is -0.975. The van der Waals surface area contributed by atoms with Gasteiger partial charge in [0.2, 0.25) is 11.8 Å². The topological polar surface area (TPSA) is 129 Å². The SMILES string of the molecule is C[C@@]1(C(N)=O)CON=C1c1ccc(C2=NOC[C@@]2(C)C(N)=O)cc1. The number of carbonyl (C=O) groups excluding carboxylic acids is 2. The lowest BCUT2D eigenvalue weighted by molar-refractivity contribution is -0.125. The summed E-state index contributed by atoms with van der Waals surface area (Å²) in [6.07, 6.45) is 0. The molecule has 2 amide bonds. The van der Waals surface area contributed by atoms with E-state index < -0.39 is 22.6 Å². The van der Waals surface area contributed by atoms with E-state index in [4.69, 9.17) is 21.1 Å². The van der Waals surface area contributed by atoms with Crippen molar-refractivity contribution in [3.8, 4) is 0 Å². The van der Waals surface area contributed by atoms with Gasteiger partial charge in [0.05, 0.1) is 0 Å². The summed E-state index contributed by atoms with van der Waals surface area (Å²) in [7, 11) is 0. The van der Waals surface area contributed by atoms with Crippen LogP contribution in [0.25, 0.3) is 0 Å². The van der Waals surface area contributed by atoms with Crippen molar-refractivity contribution in [3.63, 3.8) is 0 Å². The molecule has 0 saturated carbocycles. The average Bonchev–Trinajstić information content (AvgIpc) is 3.13. The van der Waals surface area contributed by atoms with Crippen molar-refractivity contribution in [2.45, 2.75) is 13.8 Å². The molecular formula is C16H18N4O4. The minimum Gasteiger partial charge on any atom is -0.394 e. The molecule has 4 N–H and O–H groups in total. The van der Waals surface area contributed by atoms with E-state index in [1.165, 1.54) is 0 Å². The molecule has 2 atom stereocenters. The highest BCUT2D eigenvalue weighted by Crippen LogP contribution is 2.32. The third kappa shape index (κ3) is 2.22. The van der Waals surface area contributed by atoms with Crippen LogP contribution in [0.5, 0.6) is 0 Å². The molecule has 3 rings (SSSR count). The van der Waals surface area contributed by atoms with Gasteiger partial charge in [-0.1, -0.05) is 34.6 Å². The van der Waals surface area contributed by atoms with Crippen LogP contribution in [0.2, 0.25) is 0 Å². The number of nitrogens with two attached hydrogens (primary N) is 2. The average molecular weight is 330 g/mol. The van der Waals surface area contributed by atoms with Gasteiger partial charge in [-0.3, -0.25) is 9.59 Å². The summed E-state index contributed by atoms with van der Waals surface area (Å²) in [5.74, 6) is -1.00. The quantitative estimate of drug-likeness (QED) is 0.813. The number of carbonyl (C=O) groups is 2. The van der Waals surface area contributed by atoms with E-state index in [1.54, 1.807) is 38.1 Å². The summed E-state index contributed by atoms with van der Waals surface area (Å²) in [5, 5.41) is 7.90. The molecule has 1 aromatic carbocycles. The Morgan fingerprint density at radius 2 is 1.21 bits per heavy atom. The van der Waals surface area contributed by atoms with Crippen molar-refractivity contribution >= 4 is 23.2 Å². The molecule has 0 spiro atoms. The first-order valence-corrected chi connectivity index (χ1v) is 7.40. The van der Waals surface area contributed by atoms with E-state index in [-0.39, 0.29) is 13.2 Å². The van der Waals surface area contributed by atoms with Crippen molar-refractivity contribution in [1.82, 2.24) is 0 Å². The second-order valence-corrected chi connectivity index (χ2v) is 6.40. The summed E-state index contributed by atoms with van der Waals surface area (Å²) in [4.78, 5) is 33.6. The Kier molecular flexibility index (Phi) is 3.55. The molecule has 24 heavy (non-hydrogen) atoms. The monoisotopic (exact) mass is 330 g/mol. The molecule has 0 bridgehead atoms. The van der Waals surface area contributed by atoms with E-state index in [0.29, 0.717) is 22.6 Å². The number of primary amides is 2. The van der Waals surface area contributed by atoms with Crippen LogP contribution in [0, 0.1) is 10.8 Å². The maximum Gasteiger partial charge on any atom is 0.233 e. The molecule has 2 aliphatic heterocycles. The number of amides is 2. The number of benzene rings is 1. The largest absolute Gasteiger partial charge is 0.394 e. The van der Waals surface area contributed by atoms with Gasteiger partial charge >= 0.3 is 0 Å². The summed E-state index contributed by atoms with van der Waals surface area (Å²) < 4.78 is 0. The first-order valence-electron chi connectivity index (χ1n) is 7.40. The second-order valence-electron chi connectivity index (χ2n) is 6.40. The molecule has 2 aliphatic rings. The lowest BCUT2D eigenvalue weighted by Crippen LogP contribution is -2.42. The van der Waals surface area contributed by atoms with Gasteiger partial charge in [-0.2, -0.15) is 0 Å². The Labute approximate surface area is 138 Å². The fraction of sp³-hybridized carbons (Fsp3) is 0.375. The molecule has 126 valence electrons. The van der Waals surface area contributed by atoms with E-state index >= 15 is 0 Å². The smallest absolute Gasteiger partial charge is 0.233 e. The molecule has 2 heterocycles. The number of oxime groups is 2. The number of hydrogen-bond donors (Lipinski definition) is 2. The van der Waals surface area contributed by atoms with Crippen LogP contribution in [-0.4, -0.2) is 36.5 Å². The molecule has 0 aromatic heterocycles. The van der Waals surface area contributed by atoms with Crippen molar-refractivity contribution in [2.75, 3.05) is 13.2 Å². The maximum atomic E-state index is 11.7. The summed E-state index contributed by atoms with van der Waals surface area (Å²) in [5.41, 5.74) is 11.4. The molecular weight excluding hydrogens is 312 g/mol. The normalized spacial score (nSPS) is 28.6.